The highest BCUT2D eigenvalue weighted by atomic mass is 16.2. The lowest BCUT2D eigenvalue weighted by Crippen LogP contribution is -2.33. The lowest BCUT2D eigenvalue weighted by molar-refractivity contribution is -0.129. The smallest absolute Gasteiger partial charge is 0.232 e. The number of rotatable bonds is 4. The molecule has 26 heavy (non-hydrogen) atoms. The van der Waals surface area contributed by atoms with Crippen molar-refractivity contribution in [3.63, 3.8) is 0 Å². The van der Waals surface area contributed by atoms with Crippen molar-refractivity contribution in [2.24, 2.45) is 13.0 Å². The molecule has 0 saturated carbocycles. The highest BCUT2D eigenvalue weighted by Crippen LogP contribution is 2.26. The fraction of sp³-hybridized carbons (Fsp3) is 0.450. The van der Waals surface area contributed by atoms with E-state index >= 15 is 0 Å². The topological polar surface area (TPSA) is 67.2 Å². The third-order valence-corrected chi connectivity index (χ3v) is 5.18. The van der Waals surface area contributed by atoms with Crippen LogP contribution in [-0.2, 0) is 16.6 Å². The Labute approximate surface area is 154 Å². The van der Waals surface area contributed by atoms with E-state index in [9.17, 15) is 9.59 Å². The van der Waals surface area contributed by atoms with Crippen molar-refractivity contribution in [3.05, 3.63) is 35.5 Å². The number of benzene rings is 1. The first-order chi connectivity index (χ1) is 12.3. The fourth-order valence-corrected chi connectivity index (χ4v) is 3.31. The Kier molecular flexibility index (Phi) is 4.85. The van der Waals surface area contributed by atoms with Gasteiger partial charge in [-0.05, 0) is 44.9 Å². The molecule has 1 aliphatic heterocycles. The van der Waals surface area contributed by atoms with E-state index in [1.165, 1.54) is 11.1 Å². The van der Waals surface area contributed by atoms with Crippen molar-refractivity contribution in [2.75, 3.05) is 11.9 Å². The summed E-state index contributed by atoms with van der Waals surface area (Å²) < 4.78 is 1.87. The maximum Gasteiger partial charge on any atom is 0.232 e. The van der Waals surface area contributed by atoms with Gasteiger partial charge in [-0.15, -0.1) is 0 Å². The minimum Gasteiger partial charge on any atom is -0.339 e. The average Bonchev–Trinajstić information content (AvgIpc) is 3.14. The zero-order valence-corrected chi connectivity index (χ0v) is 16.0. The number of likely N-dealkylation sites (tertiary alicyclic amines) is 1. The van der Waals surface area contributed by atoms with Crippen LogP contribution in [0.2, 0.25) is 0 Å². The number of carbonyl (C=O) groups excluding carboxylic acids is 2. The number of nitrogens with zero attached hydrogens (tertiary/aromatic N) is 3. The van der Waals surface area contributed by atoms with Crippen LogP contribution in [0.3, 0.4) is 0 Å². The highest BCUT2D eigenvalue weighted by Gasteiger charge is 2.35. The average molecular weight is 354 g/mol. The van der Waals surface area contributed by atoms with Gasteiger partial charge in [-0.2, -0.15) is 0 Å². The standard InChI is InChI=1S/C20H26N4O2/c1-12(2)24-11-16(9-18(24)25)19(26)22-20-21-10-17(23(20)5)15-7-6-13(3)14(4)8-15/h6-8,10,12,16H,9,11H2,1-5H3,(H,21,22,26). The van der Waals surface area contributed by atoms with Gasteiger partial charge in [0.05, 0.1) is 17.8 Å². The number of carbonyl (C=O) groups is 2. The Morgan fingerprint density at radius 3 is 2.62 bits per heavy atom. The van der Waals surface area contributed by atoms with Crippen LogP contribution in [-0.4, -0.2) is 38.9 Å². The second-order valence-electron chi connectivity index (χ2n) is 7.36. The molecule has 0 aliphatic carbocycles. The van der Waals surface area contributed by atoms with E-state index in [2.05, 4.69) is 42.3 Å². The number of aromatic nitrogens is 2. The highest BCUT2D eigenvalue weighted by molar-refractivity contribution is 5.96. The second kappa shape index (κ2) is 6.94. The maximum atomic E-state index is 12.6. The molecule has 6 heteroatoms. The van der Waals surface area contributed by atoms with E-state index < -0.39 is 0 Å². The van der Waals surface area contributed by atoms with Gasteiger partial charge in [0.15, 0.2) is 0 Å². The summed E-state index contributed by atoms with van der Waals surface area (Å²) in [5.74, 6) is 0.0583. The van der Waals surface area contributed by atoms with Gasteiger partial charge in [0.2, 0.25) is 17.8 Å². The Hall–Kier alpha value is -2.63. The molecule has 2 amide bonds. The zero-order chi connectivity index (χ0) is 19.0. The van der Waals surface area contributed by atoms with Crippen molar-refractivity contribution in [1.29, 1.82) is 0 Å². The summed E-state index contributed by atoms with van der Waals surface area (Å²) in [4.78, 5) is 30.7. The van der Waals surface area contributed by atoms with Crippen molar-refractivity contribution in [1.82, 2.24) is 14.5 Å². The van der Waals surface area contributed by atoms with Gasteiger partial charge in [-0.3, -0.25) is 14.9 Å². The van der Waals surface area contributed by atoms with Gasteiger partial charge < -0.3 is 9.47 Å². The molecule has 0 spiro atoms. The summed E-state index contributed by atoms with van der Waals surface area (Å²) in [6, 6.07) is 6.38. The first kappa shape index (κ1) is 18.2. The minimum absolute atomic E-state index is 0.0378. The Bertz CT molecular complexity index is 853. The first-order valence-electron chi connectivity index (χ1n) is 8.97. The van der Waals surface area contributed by atoms with Crippen molar-refractivity contribution >= 4 is 17.8 Å². The SMILES string of the molecule is Cc1ccc(-c2cnc(NC(=O)C3CC(=O)N(C(C)C)C3)n2C)cc1C. The molecule has 1 aliphatic rings. The van der Waals surface area contributed by atoms with E-state index in [0.717, 1.165) is 11.3 Å². The first-order valence-corrected chi connectivity index (χ1v) is 8.97. The van der Waals surface area contributed by atoms with Crippen LogP contribution >= 0.6 is 0 Å². The number of hydrogen-bond donors (Lipinski definition) is 1. The lowest BCUT2D eigenvalue weighted by Gasteiger charge is -2.20. The zero-order valence-electron chi connectivity index (χ0n) is 16.0. The summed E-state index contributed by atoms with van der Waals surface area (Å²) in [6.45, 7) is 8.56. The van der Waals surface area contributed by atoms with Crippen LogP contribution in [0.15, 0.2) is 24.4 Å². The number of aryl methyl sites for hydroxylation is 2. The van der Waals surface area contributed by atoms with Crippen LogP contribution < -0.4 is 5.32 Å². The molecule has 2 heterocycles. The van der Waals surface area contributed by atoms with Crippen LogP contribution in [0, 0.1) is 19.8 Å². The summed E-state index contributed by atoms with van der Waals surface area (Å²) >= 11 is 0. The molecular weight excluding hydrogens is 328 g/mol. The van der Waals surface area contributed by atoms with E-state index in [0.29, 0.717) is 12.5 Å². The molecule has 1 saturated heterocycles. The molecule has 2 aromatic rings. The van der Waals surface area contributed by atoms with Gasteiger partial charge in [0.25, 0.3) is 0 Å². The normalized spacial score (nSPS) is 17.2. The summed E-state index contributed by atoms with van der Waals surface area (Å²) in [5.41, 5.74) is 4.46. The molecule has 1 fully saturated rings. The van der Waals surface area contributed by atoms with E-state index in [-0.39, 0.29) is 30.2 Å². The summed E-state index contributed by atoms with van der Waals surface area (Å²) in [6.07, 6.45) is 2.03. The van der Waals surface area contributed by atoms with Crippen LogP contribution in [0.25, 0.3) is 11.3 Å². The Morgan fingerprint density at radius 1 is 1.27 bits per heavy atom. The van der Waals surface area contributed by atoms with E-state index in [1.807, 2.05) is 25.5 Å². The summed E-state index contributed by atoms with van der Waals surface area (Å²) in [5, 5.41) is 2.88. The minimum atomic E-state index is -0.327. The third-order valence-electron chi connectivity index (χ3n) is 5.18. The largest absolute Gasteiger partial charge is 0.339 e. The van der Waals surface area contributed by atoms with Gasteiger partial charge >= 0.3 is 0 Å². The predicted octanol–water partition coefficient (Wildman–Crippen LogP) is 2.90. The Morgan fingerprint density at radius 2 is 2.00 bits per heavy atom. The molecule has 1 atom stereocenters. The number of amides is 2. The van der Waals surface area contributed by atoms with Crippen LogP contribution in [0.5, 0.6) is 0 Å². The molecule has 6 nitrogen and oxygen atoms in total. The van der Waals surface area contributed by atoms with Crippen LogP contribution in [0.4, 0.5) is 5.95 Å². The number of nitrogens with one attached hydrogen (secondary N) is 1. The van der Waals surface area contributed by atoms with Crippen molar-refractivity contribution in [2.45, 2.75) is 40.2 Å². The van der Waals surface area contributed by atoms with Gasteiger partial charge in [-0.25, -0.2) is 4.98 Å². The molecule has 1 unspecified atom stereocenters. The van der Waals surface area contributed by atoms with Gasteiger partial charge in [0, 0.05) is 31.6 Å². The molecule has 138 valence electrons. The molecule has 0 bridgehead atoms. The van der Waals surface area contributed by atoms with Crippen LogP contribution in [0.1, 0.15) is 31.4 Å². The molecule has 1 aromatic carbocycles. The van der Waals surface area contributed by atoms with Crippen molar-refractivity contribution < 1.29 is 9.59 Å². The van der Waals surface area contributed by atoms with E-state index in [1.54, 1.807) is 11.1 Å². The monoisotopic (exact) mass is 354 g/mol. The molecule has 1 N–H and O–H groups in total. The molecular formula is C20H26N4O2. The molecule has 0 radical (unpaired) electrons. The van der Waals surface area contributed by atoms with Gasteiger partial charge in [-0.1, -0.05) is 12.1 Å². The third kappa shape index (κ3) is 3.36. The van der Waals surface area contributed by atoms with Crippen molar-refractivity contribution in [3.8, 4) is 11.3 Å². The number of anilines is 1. The van der Waals surface area contributed by atoms with Gasteiger partial charge in [0.1, 0.15) is 0 Å². The Balaban J connectivity index is 1.75. The lowest BCUT2D eigenvalue weighted by atomic mass is 10.0. The second-order valence-corrected chi connectivity index (χ2v) is 7.36. The fourth-order valence-electron chi connectivity index (χ4n) is 3.31. The molecule has 3 rings (SSSR count). The van der Waals surface area contributed by atoms with E-state index in [4.69, 9.17) is 0 Å². The quantitative estimate of drug-likeness (QED) is 0.918. The summed E-state index contributed by atoms with van der Waals surface area (Å²) in [7, 11) is 1.88. The number of imidazole rings is 1. The molecule has 1 aromatic heterocycles. The number of hydrogen-bond acceptors (Lipinski definition) is 3. The predicted molar refractivity (Wildman–Crippen MR) is 102 cm³/mol. The maximum absolute atomic E-state index is 12.6.